The van der Waals surface area contributed by atoms with Crippen LogP contribution in [0.5, 0.6) is 0 Å². The standard InChI is InChI=1S/C21H26BrN5O3/c22-17-5-1-3-15(11-17)20-24-18(30-25-20)13-26-8-2-4-16(12-26)21(29)27-9-6-14(7-10-27)19(23)28/h1,3,5,11,14,16H,2,4,6-10,12-13H2,(H2,23,28). The third-order valence-electron chi connectivity index (χ3n) is 5.97. The zero-order valence-corrected chi connectivity index (χ0v) is 18.4. The van der Waals surface area contributed by atoms with Crippen LogP contribution in [0.2, 0.25) is 0 Å². The molecule has 0 aliphatic carbocycles. The van der Waals surface area contributed by atoms with Crippen molar-refractivity contribution in [3.8, 4) is 11.4 Å². The summed E-state index contributed by atoms with van der Waals surface area (Å²) in [5, 5.41) is 4.10. The van der Waals surface area contributed by atoms with Gasteiger partial charge in [0.05, 0.1) is 12.5 Å². The fraction of sp³-hybridized carbons (Fsp3) is 0.524. The quantitative estimate of drug-likeness (QED) is 0.711. The average molecular weight is 476 g/mol. The molecule has 2 fully saturated rings. The first-order valence-electron chi connectivity index (χ1n) is 10.4. The highest BCUT2D eigenvalue weighted by molar-refractivity contribution is 9.10. The van der Waals surface area contributed by atoms with Gasteiger partial charge in [0.2, 0.25) is 23.5 Å². The lowest BCUT2D eigenvalue weighted by molar-refractivity contribution is -0.140. The van der Waals surface area contributed by atoms with Crippen LogP contribution in [0.25, 0.3) is 11.4 Å². The number of aromatic nitrogens is 2. The highest BCUT2D eigenvalue weighted by atomic mass is 79.9. The summed E-state index contributed by atoms with van der Waals surface area (Å²) in [4.78, 5) is 32.9. The van der Waals surface area contributed by atoms with Gasteiger partial charge in [-0.2, -0.15) is 4.98 Å². The zero-order chi connectivity index (χ0) is 21.1. The lowest BCUT2D eigenvalue weighted by atomic mass is 9.92. The van der Waals surface area contributed by atoms with Gasteiger partial charge < -0.3 is 15.2 Å². The Morgan fingerprint density at radius 3 is 2.70 bits per heavy atom. The van der Waals surface area contributed by atoms with Crippen molar-refractivity contribution in [2.24, 2.45) is 17.6 Å². The number of rotatable bonds is 5. The molecule has 1 atom stereocenters. The Balaban J connectivity index is 1.33. The van der Waals surface area contributed by atoms with Crippen molar-refractivity contribution >= 4 is 27.7 Å². The molecule has 160 valence electrons. The Morgan fingerprint density at radius 2 is 1.97 bits per heavy atom. The first kappa shape index (κ1) is 21.0. The molecule has 0 bridgehead atoms. The molecule has 2 amide bonds. The van der Waals surface area contributed by atoms with Crippen LogP contribution in [0.3, 0.4) is 0 Å². The van der Waals surface area contributed by atoms with E-state index in [1.807, 2.05) is 29.2 Å². The summed E-state index contributed by atoms with van der Waals surface area (Å²) in [6, 6.07) is 7.77. The topological polar surface area (TPSA) is 106 Å². The van der Waals surface area contributed by atoms with Gasteiger partial charge in [0, 0.05) is 35.6 Å². The van der Waals surface area contributed by atoms with Crippen LogP contribution in [0.15, 0.2) is 33.3 Å². The summed E-state index contributed by atoms with van der Waals surface area (Å²) >= 11 is 3.46. The minimum atomic E-state index is -0.257. The number of likely N-dealkylation sites (tertiary alicyclic amines) is 2. The molecular weight excluding hydrogens is 450 g/mol. The van der Waals surface area contributed by atoms with E-state index >= 15 is 0 Å². The largest absolute Gasteiger partial charge is 0.369 e. The molecule has 3 heterocycles. The second kappa shape index (κ2) is 9.26. The molecule has 8 nitrogen and oxygen atoms in total. The predicted octanol–water partition coefficient (Wildman–Crippen LogP) is 2.43. The molecule has 1 aromatic heterocycles. The lowest BCUT2D eigenvalue weighted by Crippen LogP contribution is -2.48. The molecule has 9 heteroatoms. The van der Waals surface area contributed by atoms with E-state index in [-0.39, 0.29) is 23.7 Å². The molecule has 30 heavy (non-hydrogen) atoms. The van der Waals surface area contributed by atoms with Gasteiger partial charge >= 0.3 is 0 Å². The molecule has 2 aromatic rings. The lowest BCUT2D eigenvalue weighted by Gasteiger charge is -2.37. The van der Waals surface area contributed by atoms with Gasteiger partial charge in [-0.15, -0.1) is 0 Å². The Labute approximate surface area is 183 Å². The SMILES string of the molecule is NC(=O)C1CCN(C(=O)C2CCCN(Cc3nc(-c4cccc(Br)c4)no3)C2)CC1. The number of nitrogens with two attached hydrogens (primary N) is 1. The monoisotopic (exact) mass is 475 g/mol. The highest BCUT2D eigenvalue weighted by Crippen LogP contribution is 2.25. The van der Waals surface area contributed by atoms with Crippen LogP contribution in [-0.4, -0.2) is 57.9 Å². The molecule has 1 unspecified atom stereocenters. The summed E-state index contributed by atoms with van der Waals surface area (Å²) in [6.07, 6.45) is 3.18. The minimum Gasteiger partial charge on any atom is -0.369 e. The van der Waals surface area contributed by atoms with E-state index in [1.165, 1.54) is 0 Å². The Kier molecular flexibility index (Phi) is 6.48. The van der Waals surface area contributed by atoms with Crippen LogP contribution in [0.1, 0.15) is 31.6 Å². The molecule has 0 saturated carbocycles. The van der Waals surface area contributed by atoms with Crippen LogP contribution in [0.4, 0.5) is 0 Å². The molecule has 2 saturated heterocycles. The second-order valence-electron chi connectivity index (χ2n) is 8.10. The number of hydrogen-bond donors (Lipinski definition) is 1. The maximum atomic E-state index is 13.0. The number of amides is 2. The normalized spacial score (nSPS) is 21.0. The van der Waals surface area contributed by atoms with Gasteiger partial charge in [-0.05, 0) is 44.4 Å². The van der Waals surface area contributed by atoms with Gasteiger partial charge in [-0.3, -0.25) is 14.5 Å². The third kappa shape index (κ3) is 4.89. The smallest absolute Gasteiger partial charge is 0.241 e. The van der Waals surface area contributed by atoms with E-state index in [2.05, 4.69) is 31.0 Å². The van der Waals surface area contributed by atoms with Crippen LogP contribution in [0, 0.1) is 11.8 Å². The van der Waals surface area contributed by atoms with E-state index in [9.17, 15) is 9.59 Å². The summed E-state index contributed by atoms with van der Waals surface area (Å²) < 4.78 is 6.41. The van der Waals surface area contributed by atoms with E-state index in [1.54, 1.807) is 0 Å². The second-order valence-corrected chi connectivity index (χ2v) is 9.01. The molecule has 0 radical (unpaired) electrons. The van der Waals surface area contributed by atoms with E-state index in [4.69, 9.17) is 10.3 Å². The van der Waals surface area contributed by atoms with Crippen molar-refractivity contribution in [2.75, 3.05) is 26.2 Å². The Hall–Kier alpha value is -2.26. The first-order valence-corrected chi connectivity index (χ1v) is 11.2. The molecular formula is C21H26BrN5O3. The van der Waals surface area contributed by atoms with Gasteiger partial charge in [0.1, 0.15) is 0 Å². The number of primary amides is 1. The van der Waals surface area contributed by atoms with Crippen molar-refractivity contribution in [1.29, 1.82) is 0 Å². The maximum absolute atomic E-state index is 13.0. The number of carbonyl (C=O) groups excluding carboxylic acids is 2. The number of carbonyl (C=O) groups is 2. The fourth-order valence-electron chi connectivity index (χ4n) is 4.30. The number of nitrogens with zero attached hydrogens (tertiary/aromatic N) is 4. The zero-order valence-electron chi connectivity index (χ0n) is 16.8. The Morgan fingerprint density at radius 1 is 1.17 bits per heavy atom. The summed E-state index contributed by atoms with van der Waals surface area (Å²) in [6.45, 7) is 3.35. The fourth-order valence-corrected chi connectivity index (χ4v) is 4.70. The van der Waals surface area contributed by atoms with Crippen molar-refractivity contribution < 1.29 is 14.1 Å². The molecule has 0 spiro atoms. The van der Waals surface area contributed by atoms with Crippen molar-refractivity contribution in [1.82, 2.24) is 19.9 Å². The highest BCUT2D eigenvalue weighted by Gasteiger charge is 2.33. The number of halogens is 1. The predicted molar refractivity (Wildman–Crippen MR) is 114 cm³/mol. The third-order valence-corrected chi connectivity index (χ3v) is 6.47. The minimum absolute atomic E-state index is 0.0312. The number of piperidine rings is 2. The van der Waals surface area contributed by atoms with Crippen LogP contribution in [-0.2, 0) is 16.1 Å². The van der Waals surface area contributed by atoms with E-state index < -0.39 is 0 Å². The molecule has 2 aliphatic rings. The maximum Gasteiger partial charge on any atom is 0.241 e. The van der Waals surface area contributed by atoms with Crippen molar-refractivity contribution in [3.05, 3.63) is 34.6 Å². The number of hydrogen-bond acceptors (Lipinski definition) is 6. The Bertz CT molecular complexity index is 910. The molecule has 2 aliphatic heterocycles. The van der Waals surface area contributed by atoms with Crippen molar-refractivity contribution in [3.63, 3.8) is 0 Å². The van der Waals surface area contributed by atoms with E-state index in [0.717, 1.165) is 29.4 Å². The van der Waals surface area contributed by atoms with Gasteiger partial charge in [0.15, 0.2) is 0 Å². The summed E-state index contributed by atoms with van der Waals surface area (Å²) in [5.74, 6) is 0.912. The first-order chi connectivity index (χ1) is 14.5. The van der Waals surface area contributed by atoms with Crippen molar-refractivity contribution in [2.45, 2.75) is 32.2 Å². The summed E-state index contributed by atoms with van der Waals surface area (Å²) in [5.41, 5.74) is 6.29. The average Bonchev–Trinajstić information content (AvgIpc) is 3.22. The number of benzene rings is 1. The van der Waals surface area contributed by atoms with Gasteiger partial charge in [-0.1, -0.05) is 33.2 Å². The van der Waals surface area contributed by atoms with Gasteiger partial charge in [0.25, 0.3) is 0 Å². The van der Waals surface area contributed by atoms with Gasteiger partial charge in [-0.25, -0.2) is 0 Å². The molecule has 1 aromatic carbocycles. The molecule has 2 N–H and O–H groups in total. The van der Waals surface area contributed by atoms with E-state index in [0.29, 0.717) is 50.7 Å². The summed E-state index contributed by atoms with van der Waals surface area (Å²) in [7, 11) is 0. The van der Waals surface area contributed by atoms with Crippen LogP contribution >= 0.6 is 15.9 Å². The molecule has 4 rings (SSSR count). The van der Waals surface area contributed by atoms with Crippen LogP contribution < -0.4 is 5.73 Å².